The lowest BCUT2D eigenvalue weighted by Crippen LogP contribution is -1.98. The third-order valence-corrected chi connectivity index (χ3v) is 6.17. The van der Waals surface area contributed by atoms with Gasteiger partial charge in [-0.1, -0.05) is 12.1 Å². The number of imidazole rings is 1. The second-order valence-corrected chi connectivity index (χ2v) is 7.69. The van der Waals surface area contributed by atoms with Gasteiger partial charge < -0.3 is 11.1 Å². The first kappa shape index (κ1) is 17.6. The molecule has 0 aliphatic heterocycles. The molecule has 10 heteroatoms. The summed E-state index contributed by atoms with van der Waals surface area (Å²) in [6.07, 6.45) is -0.650. The minimum atomic E-state index is -2.67. The summed E-state index contributed by atoms with van der Waals surface area (Å²) in [5, 5.41) is 3.25. The van der Waals surface area contributed by atoms with E-state index in [1.165, 1.54) is 4.34 Å². The van der Waals surface area contributed by atoms with E-state index < -0.39 is 6.43 Å². The fourth-order valence-electron chi connectivity index (χ4n) is 2.30. The Balaban J connectivity index is 2.17. The monoisotopic (exact) mass is 479 g/mol. The van der Waals surface area contributed by atoms with E-state index >= 15 is 0 Å². The first-order chi connectivity index (χ1) is 11.5. The van der Waals surface area contributed by atoms with E-state index in [0.29, 0.717) is 16.9 Å². The third kappa shape index (κ3) is 3.29. The number of nitrogens with one attached hydrogen (secondary N) is 1. The number of fused-ring (bicyclic) bond motifs is 1. The predicted molar refractivity (Wildman–Crippen MR) is 106 cm³/mol. The summed E-state index contributed by atoms with van der Waals surface area (Å²) in [6.45, 7) is 0. The molecule has 0 bridgehead atoms. The number of rotatable bonds is 5. The number of nitrogen functional groups attached to an aromatic ring is 1. The number of para-hydroxylation sites is 1. The van der Waals surface area contributed by atoms with Gasteiger partial charge in [-0.3, -0.25) is 4.34 Å². The number of nitrogens with two attached hydrogens (primary N) is 1. The van der Waals surface area contributed by atoms with Gasteiger partial charge in [-0.25, -0.2) is 18.7 Å². The molecule has 0 radical (unpaired) electrons. The number of hydrogen-bond donors (Lipinski definition) is 2. The molecular weight excluding hydrogens is 466 g/mol. The van der Waals surface area contributed by atoms with Crippen molar-refractivity contribution in [3.63, 3.8) is 0 Å². The molecule has 3 rings (SSSR count). The lowest BCUT2D eigenvalue weighted by Gasteiger charge is -2.11. The van der Waals surface area contributed by atoms with Crippen molar-refractivity contribution < 1.29 is 8.78 Å². The van der Waals surface area contributed by atoms with E-state index in [1.54, 1.807) is 17.8 Å². The SMILES string of the molecule is CSc1ccccc1Nc1cc(N)nc2c1nc(C(F)F)n2PI. The standard InChI is InChI=1S/C14H13F2IN5PS/c1-24-9-5-3-2-4-7(9)19-8-6-10(18)20-13-11(8)21-14(12(15)16)22(13)23-17/h2-6,12,23H,1H3,(H3,18,19,20). The molecule has 5 nitrogen and oxygen atoms in total. The molecule has 2 heterocycles. The van der Waals surface area contributed by atoms with Gasteiger partial charge in [-0.15, -0.1) is 11.8 Å². The molecule has 0 aliphatic carbocycles. The Labute approximate surface area is 156 Å². The lowest BCUT2D eigenvalue weighted by molar-refractivity contribution is 0.140. The van der Waals surface area contributed by atoms with Gasteiger partial charge in [-0.05, 0) is 40.4 Å². The maximum absolute atomic E-state index is 13.3. The molecule has 0 amide bonds. The Hall–Kier alpha value is -1.19. The van der Waals surface area contributed by atoms with Gasteiger partial charge in [0, 0.05) is 11.0 Å². The van der Waals surface area contributed by atoms with Crippen molar-refractivity contribution in [2.75, 3.05) is 17.3 Å². The van der Waals surface area contributed by atoms with Crippen molar-refractivity contribution in [2.45, 2.75) is 11.3 Å². The molecule has 1 unspecified atom stereocenters. The summed E-state index contributed by atoms with van der Waals surface area (Å²) in [5.74, 6) is -0.0414. The van der Waals surface area contributed by atoms with E-state index in [9.17, 15) is 8.78 Å². The molecule has 3 aromatic rings. The molecular formula is C14H13F2IN5PS. The van der Waals surface area contributed by atoms with Crippen LogP contribution < -0.4 is 11.1 Å². The highest BCUT2D eigenvalue weighted by Gasteiger charge is 2.22. The van der Waals surface area contributed by atoms with Gasteiger partial charge in [0.25, 0.3) is 6.43 Å². The maximum atomic E-state index is 13.3. The normalized spacial score (nSPS) is 11.9. The molecule has 0 saturated carbocycles. The summed E-state index contributed by atoms with van der Waals surface area (Å²) >= 11 is 3.62. The van der Waals surface area contributed by atoms with Crippen LogP contribution in [0.1, 0.15) is 12.2 Å². The molecule has 0 saturated heterocycles. The Morgan fingerprint density at radius 2 is 2.04 bits per heavy atom. The molecule has 24 heavy (non-hydrogen) atoms. The minimum Gasteiger partial charge on any atom is -0.384 e. The number of benzene rings is 1. The van der Waals surface area contributed by atoms with Crippen molar-refractivity contribution in [1.29, 1.82) is 0 Å². The van der Waals surface area contributed by atoms with Crippen LogP contribution in [0, 0.1) is 0 Å². The van der Waals surface area contributed by atoms with Crippen molar-refractivity contribution >= 4 is 68.5 Å². The molecule has 1 atom stereocenters. The van der Waals surface area contributed by atoms with Crippen molar-refractivity contribution in [3.8, 4) is 0 Å². The van der Waals surface area contributed by atoms with Gasteiger partial charge >= 0.3 is 0 Å². The number of hydrogen-bond acceptors (Lipinski definition) is 5. The van der Waals surface area contributed by atoms with Gasteiger partial charge in [0.05, 0.1) is 17.7 Å². The molecule has 0 aliphatic rings. The lowest BCUT2D eigenvalue weighted by atomic mass is 10.3. The van der Waals surface area contributed by atoms with Crippen molar-refractivity contribution in [2.24, 2.45) is 0 Å². The van der Waals surface area contributed by atoms with Crippen LogP contribution in [-0.2, 0) is 0 Å². The number of aromatic nitrogens is 3. The smallest absolute Gasteiger partial charge is 0.295 e. The second kappa shape index (κ2) is 7.37. The topological polar surface area (TPSA) is 68.8 Å². The fraction of sp³-hybridized carbons (Fsp3) is 0.143. The van der Waals surface area contributed by atoms with Crippen LogP contribution in [0.15, 0.2) is 35.2 Å². The van der Waals surface area contributed by atoms with Gasteiger partial charge in [0.2, 0.25) is 0 Å². The number of anilines is 3. The maximum Gasteiger partial charge on any atom is 0.295 e. The quantitative estimate of drug-likeness (QED) is 0.299. The van der Waals surface area contributed by atoms with Crippen LogP contribution >= 0.6 is 40.2 Å². The highest BCUT2D eigenvalue weighted by molar-refractivity contribution is 14.2. The summed E-state index contributed by atoms with van der Waals surface area (Å²) in [4.78, 5) is 9.33. The zero-order chi connectivity index (χ0) is 17.3. The average molecular weight is 479 g/mol. The van der Waals surface area contributed by atoms with Crippen LogP contribution in [-0.4, -0.2) is 20.6 Å². The summed E-state index contributed by atoms with van der Waals surface area (Å²) in [6, 6.07) is 9.35. The van der Waals surface area contributed by atoms with Gasteiger partial charge in [-0.2, -0.15) is 0 Å². The zero-order valence-corrected chi connectivity index (χ0v) is 16.4. The summed E-state index contributed by atoms with van der Waals surface area (Å²) < 4.78 is 27.9. The second-order valence-electron chi connectivity index (χ2n) is 4.78. The molecule has 3 N–H and O–H groups in total. The van der Waals surface area contributed by atoms with Crippen LogP contribution in [0.5, 0.6) is 0 Å². The highest BCUT2D eigenvalue weighted by atomic mass is 127. The number of halogens is 3. The van der Waals surface area contributed by atoms with Crippen LogP contribution in [0.2, 0.25) is 0 Å². The first-order valence-corrected chi connectivity index (χ1v) is 12.1. The minimum absolute atomic E-state index is 0.0525. The Morgan fingerprint density at radius 3 is 2.71 bits per heavy atom. The first-order valence-electron chi connectivity index (χ1n) is 6.79. The van der Waals surface area contributed by atoms with Crippen LogP contribution in [0.4, 0.5) is 26.0 Å². The number of alkyl halides is 2. The van der Waals surface area contributed by atoms with Crippen LogP contribution in [0.3, 0.4) is 0 Å². The largest absolute Gasteiger partial charge is 0.384 e. The van der Waals surface area contributed by atoms with Gasteiger partial charge in [0.1, 0.15) is 11.3 Å². The number of pyridine rings is 1. The zero-order valence-electron chi connectivity index (χ0n) is 12.4. The Kier molecular flexibility index (Phi) is 5.41. The van der Waals surface area contributed by atoms with E-state index in [-0.39, 0.29) is 18.0 Å². The Morgan fingerprint density at radius 1 is 1.29 bits per heavy atom. The Bertz CT molecular complexity index is 889. The molecule has 1 aromatic carbocycles. The van der Waals surface area contributed by atoms with E-state index in [4.69, 9.17) is 5.73 Å². The molecule has 0 fully saturated rings. The van der Waals surface area contributed by atoms with Gasteiger partial charge in [0.15, 0.2) is 11.5 Å². The highest BCUT2D eigenvalue weighted by Crippen LogP contribution is 2.38. The van der Waals surface area contributed by atoms with E-state index in [2.05, 4.69) is 15.3 Å². The summed E-state index contributed by atoms with van der Waals surface area (Å²) in [5.41, 5.74) is 8.05. The predicted octanol–water partition coefficient (Wildman–Crippen LogP) is 5.21. The third-order valence-electron chi connectivity index (χ3n) is 3.32. The molecule has 0 spiro atoms. The number of thioether (sulfide) groups is 1. The van der Waals surface area contributed by atoms with Crippen molar-refractivity contribution in [3.05, 3.63) is 36.2 Å². The van der Waals surface area contributed by atoms with E-state index in [0.717, 1.165) is 10.6 Å². The summed E-state index contributed by atoms with van der Waals surface area (Å²) in [7, 11) is 0. The average Bonchev–Trinajstić information content (AvgIpc) is 2.94. The van der Waals surface area contributed by atoms with Crippen molar-refractivity contribution in [1.82, 2.24) is 14.3 Å². The molecule has 2 aromatic heterocycles. The fourth-order valence-corrected chi connectivity index (χ4v) is 4.75. The molecule has 126 valence electrons. The van der Waals surface area contributed by atoms with Crippen LogP contribution in [0.25, 0.3) is 11.2 Å². The van der Waals surface area contributed by atoms with E-state index in [1.807, 2.05) is 52.6 Å². The number of nitrogens with zero attached hydrogens (tertiary/aromatic N) is 3.